The topological polar surface area (TPSA) is 6.48 Å². The van der Waals surface area contributed by atoms with Gasteiger partial charge >= 0.3 is 0 Å². The highest BCUT2D eigenvalue weighted by Gasteiger charge is 2.46. The number of unbranched alkanes of at least 4 members (excludes halogenated alkanes) is 2. The van der Waals surface area contributed by atoms with Gasteiger partial charge in [0.1, 0.15) is 0 Å². The summed E-state index contributed by atoms with van der Waals surface area (Å²) in [4.78, 5) is 5.49. The minimum atomic E-state index is -0.216. The van der Waals surface area contributed by atoms with Gasteiger partial charge in [0.25, 0.3) is 6.71 Å². The van der Waals surface area contributed by atoms with Crippen molar-refractivity contribution in [2.45, 2.75) is 85.0 Å². The second kappa shape index (κ2) is 28.2. The number of hydrogen-bond acceptors (Lipinski definition) is 2. The molecule has 0 N–H and O–H groups in total. The van der Waals surface area contributed by atoms with Crippen molar-refractivity contribution < 1.29 is 0 Å². The average molecular weight is 1360 g/mol. The van der Waals surface area contributed by atoms with E-state index >= 15 is 0 Å². The van der Waals surface area contributed by atoms with Gasteiger partial charge in [-0.25, -0.2) is 0 Å². The SMILES string of the molecule is CCCCCc1cc2c3c(c1)N(c1c(-c4ccc(-c5ccccc5)cc4)cc(C(C)(C)C)cc1-c1ccc(-c4ccccc4)cc1)c1ccc(-c4ccccc4)cc1B3c1cc(-c3ccccc3)ccc1N2c1c(-c2ccc(-c3ccccc3)cc2)cc(C(C)(C)C)cc1-c1ccc(-c2ccccc2)cc1. The normalized spacial score (nSPS) is 12.4. The van der Waals surface area contributed by atoms with Gasteiger partial charge in [-0.15, -0.1) is 0 Å². The number of fused-ring (bicyclic) bond motifs is 4. The Morgan fingerprint density at radius 1 is 0.245 bits per heavy atom. The highest BCUT2D eigenvalue weighted by Crippen LogP contribution is 2.55. The predicted molar refractivity (Wildman–Crippen MR) is 455 cm³/mol. The molecule has 0 amide bonds. The number of hydrogen-bond donors (Lipinski definition) is 0. The average Bonchev–Trinajstić information content (AvgIpc) is 0.687. The van der Waals surface area contributed by atoms with Gasteiger partial charge in [0.2, 0.25) is 0 Å². The molecule has 15 aromatic rings. The van der Waals surface area contributed by atoms with Crippen molar-refractivity contribution in [3.8, 4) is 111 Å². The lowest BCUT2D eigenvalue weighted by Crippen LogP contribution is -2.61. The van der Waals surface area contributed by atoms with Crippen molar-refractivity contribution in [3.63, 3.8) is 0 Å². The molecule has 3 heteroatoms. The Morgan fingerprint density at radius 3 is 0.755 bits per heavy atom. The highest BCUT2D eigenvalue weighted by atomic mass is 15.2. The third-order valence-electron chi connectivity index (χ3n) is 22.0. The quantitative estimate of drug-likeness (QED) is 0.0703. The summed E-state index contributed by atoms with van der Waals surface area (Å²) in [6.07, 6.45) is 4.21. The summed E-state index contributed by atoms with van der Waals surface area (Å²) in [5, 5.41) is 0. The van der Waals surface area contributed by atoms with Crippen LogP contribution in [0.3, 0.4) is 0 Å². The molecule has 15 aromatic carbocycles. The van der Waals surface area contributed by atoms with Crippen molar-refractivity contribution in [1.82, 2.24) is 0 Å². The summed E-state index contributed by atoms with van der Waals surface area (Å²) in [7, 11) is 0. The predicted octanol–water partition coefficient (Wildman–Crippen LogP) is 26.8. The van der Waals surface area contributed by atoms with Gasteiger partial charge in [-0.1, -0.05) is 365 Å². The fraction of sp³-hybridized carbons (Fsp3) is 0.126. The van der Waals surface area contributed by atoms with E-state index in [0.29, 0.717) is 0 Å². The van der Waals surface area contributed by atoms with Crippen LogP contribution in [0, 0.1) is 0 Å². The van der Waals surface area contributed by atoms with E-state index in [9.17, 15) is 0 Å². The molecule has 17 rings (SSSR count). The van der Waals surface area contributed by atoms with Crippen LogP contribution in [0.25, 0.3) is 111 Å². The molecule has 0 atom stereocenters. The van der Waals surface area contributed by atoms with Crippen molar-refractivity contribution >= 4 is 57.2 Å². The van der Waals surface area contributed by atoms with E-state index in [1.807, 2.05) is 0 Å². The van der Waals surface area contributed by atoms with Crippen molar-refractivity contribution in [2.75, 3.05) is 9.80 Å². The minimum absolute atomic E-state index is 0.216. The molecular formula is C103H87BN2. The molecule has 0 aromatic heterocycles. The van der Waals surface area contributed by atoms with Crippen LogP contribution in [0.1, 0.15) is 84.4 Å². The first-order valence-corrected chi connectivity index (χ1v) is 38.0. The van der Waals surface area contributed by atoms with E-state index in [-0.39, 0.29) is 17.5 Å². The van der Waals surface area contributed by atoms with Gasteiger partial charge in [0, 0.05) is 45.0 Å². The first-order chi connectivity index (χ1) is 51.8. The van der Waals surface area contributed by atoms with E-state index in [0.717, 1.165) is 59.3 Å². The van der Waals surface area contributed by atoms with Gasteiger partial charge in [0.15, 0.2) is 0 Å². The van der Waals surface area contributed by atoms with Crippen LogP contribution in [-0.4, -0.2) is 6.71 Å². The van der Waals surface area contributed by atoms with Crippen molar-refractivity contribution in [3.05, 3.63) is 369 Å². The van der Waals surface area contributed by atoms with Crippen LogP contribution in [0.4, 0.5) is 34.1 Å². The third-order valence-corrected chi connectivity index (χ3v) is 22.0. The molecule has 2 heterocycles. The summed E-state index contributed by atoms with van der Waals surface area (Å²) >= 11 is 0. The van der Waals surface area contributed by atoms with Crippen LogP contribution < -0.4 is 26.2 Å². The Kier molecular flexibility index (Phi) is 17.9. The van der Waals surface area contributed by atoms with Crippen LogP contribution in [0.15, 0.2) is 352 Å². The lowest BCUT2D eigenvalue weighted by molar-refractivity contribution is 0.590. The smallest absolute Gasteiger partial charge is 0.252 e. The van der Waals surface area contributed by atoms with Crippen molar-refractivity contribution in [1.29, 1.82) is 0 Å². The van der Waals surface area contributed by atoms with E-state index in [1.165, 1.54) is 145 Å². The fourth-order valence-corrected chi connectivity index (χ4v) is 16.3. The zero-order valence-corrected chi connectivity index (χ0v) is 61.8. The number of benzene rings is 15. The second-order valence-electron chi connectivity index (χ2n) is 31.0. The third kappa shape index (κ3) is 12.9. The number of anilines is 6. The van der Waals surface area contributed by atoms with Gasteiger partial charge in [-0.2, -0.15) is 0 Å². The molecule has 2 aliphatic rings. The van der Waals surface area contributed by atoms with Crippen LogP contribution in [0.2, 0.25) is 0 Å². The largest absolute Gasteiger partial charge is 0.310 e. The highest BCUT2D eigenvalue weighted by molar-refractivity contribution is 7.00. The number of rotatable bonds is 16. The standard InChI is InChI=1S/C103H87BN2/c1-8-9-16-29-70-62-97-99-98(63-70)106(101-91(83-54-46-79(47-55-83)73-34-21-12-22-35-73)68-88(103(5,6)7)69-92(101)84-56-48-80(49-57-84)74-36-23-13-24-37-74)96-61-59-86(76-40-27-15-28-41-76)65-94(96)104(99)93-64-85(75-38-25-14-26-39-75)58-60-95(93)105(97)100-89(81-50-42-77(43-51-81)71-30-17-10-18-31-71)66-87(102(2,3)4)67-90(100)82-52-44-78(45-53-82)72-32-19-11-20-33-72/h10-15,17-28,30-69H,8-9,16,29H2,1-7H3. The summed E-state index contributed by atoms with van der Waals surface area (Å²) in [6.45, 7) is 16.3. The van der Waals surface area contributed by atoms with Gasteiger partial charge in [0.05, 0.1) is 11.4 Å². The van der Waals surface area contributed by atoms with Crippen LogP contribution in [-0.2, 0) is 17.3 Å². The molecule has 0 radical (unpaired) electrons. The molecule has 0 bridgehead atoms. The Hall–Kier alpha value is -12.0. The lowest BCUT2D eigenvalue weighted by Gasteiger charge is -2.46. The molecule has 0 unspecified atom stereocenters. The maximum Gasteiger partial charge on any atom is 0.252 e. The Bertz CT molecular complexity index is 5110. The number of nitrogens with zero attached hydrogens (tertiary/aromatic N) is 2. The lowest BCUT2D eigenvalue weighted by atomic mass is 9.33. The van der Waals surface area contributed by atoms with E-state index in [4.69, 9.17) is 0 Å². The summed E-state index contributed by atoms with van der Waals surface area (Å²) in [5.74, 6) is 0. The zero-order chi connectivity index (χ0) is 72.0. The molecule has 2 nitrogen and oxygen atoms in total. The Balaban J connectivity index is 1.02. The fourth-order valence-electron chi connectivity index (χ4n) is 16.3. The van der Waals surface area contributed by atoms with E-state index in [1.54, 1.807) is 0 Å². The monoisotopic (exact) mass is 1360 g/mol. The van der Waals surface area contributed by atoms with Crippen LogP contribution in [0.5, 0.6) is 0 Å². The molecule has 2 aliphatic heterocycles. The molecular weight excluding hydrogens is 1280 g/mol. The maximum atomic E-state index is 2.75. The van der Waals surface area contributed by atoms with Gasteiger partial charge < -0.3 is 9.80 Å². The molecule has 0 saturated carbocycles. The van der Waals surface area contributed by atoms with Gasteiger partial charge in [-0.05, 0) is 194 Å². The Labute approximate surface area is 627 Å². The van der Waals surface area contributed by atoms with E-state index < -0.39 is 0 Å². The van der Waals surface area contributed by atoms with Gasteiger partial charge in [-0.3, -0.25) is 0 Å². The minimum Gasteiger partial charge on any atom is -0.310 e. The molecule has 512 valence electrons. The first-order valence-electron chi connectivity index (χ1n) is 38.0. The molecule has 0 aliphatic carbocycles. The number of aryl methyl sites for hydroxylation is 1. The second-order valence-corrected chi connectivity index (χ2v) is 31.0. The molecule has 106 heavy (non-hydrogen) atoms. The van der Waals surface area contributed by atoms with Crippen LogP contribution >= 0.6 is 0 Å². The molecule has 0 spiro atoms. The summed E-state index contributed by atoms with van der Waals surface area (Å²) < 4.78 is 0. The molecule has 0 saturated heterocycles. The summed E-state index contributed by atoms with van der Waals surface area (Å²) in [5.41, 5.74) is 37.8. The summed E-state index contributed by atoms with van der Waals surface area (Å²) in [6, 6.07) is 133. The van der Waals surface area contributed by atoms with Crippen molar-refractivity contribution in [2.24, 2.45) is 0 Å². The molecule has 0 fully saturated rings. The zero-order valence-electron chi connectivity index (χ0n) is 61.8. The van der Waals surface area contributed by atoms with E-state index in [2.05, 4.69) is 410 Å². The maximum absolute atomic E-state index is 2.75. The Morgan fingerprint density at radius 2 is 0.491 bits per heavy atom. The first kappa shape index (κ1) is 67.2.